The molecule has 0 atom stereocenters. The van der Waals surface area contributed by atoms with Crippen LogP contribution in [-0.4, -0.2) is 32.7 Å². The Morgan fingerprint density at radius 2 is 1.67 bits per heavy atom. The van der Waals surface area contributed by atoms with Crippen LogP contribution in [0.4, 0.5) is 5.69 Å². The minimum absolute atomic E-state index is 0.113. The van der Waals surface area contributed by atoms with Crippen molar-refractivity contribution in [3.63, 3.8) is 0 Å². The molecule has 2 aromatic rings. The first-order valence-corrected chi connectivity index (χ1v) is 8.79. The molecule has 0 saturated carbocycles. The van der Waals surface area contributed by atoms with Gasteiger partial charge in [0.15, 0.2) is 6.61 Å². The number of ether oxygens (including phenoxy) is 3. The van der Waals surface area contributed by atoms with Crippen LogP contribution in [0.3, 0.4) is 0 Å². The summed E-state index contributed by atoms with van der Waals surface area (Å²) in [5.41, 5.74) is 1.21. The van der Waals surface area contributed by atoms with Crippen molar-refractivity contribution in [2.75, 3.05) is 26.1 Å². The smallest absolute Gasteiger partial charge is 0.306 e. The SMILES string of the molecule is COc1cc(CCC(=O)OCC(=O)Nc2cc(Cl)ccc2Cl)cc(OC)c1. The van der Waals surface area contributed by atoms with E-state index in [9.17, 15) is 9.59 Å². The number of benzene rings is 2. The zero-order valence-corrected chi connectivity index (χ0v) is 16.4. The van der Waals surface area contributed by atoms with Crippen molar-refractivity contribution in [1.29, 1.82) is 0 Å². The van der Waals surface area contributed by atoms with Crippen molar-refractivity contribution in [3.05, 3.63) is 52.0 Å². The summed E-state index contributed by atoms with van der Waals surface area (Å²) < 4.78 is 15.4. The Morgan fingerprint density at radius 3 is 2.30 bits per heavy atom. The molecule has 144 valence electrons. The maximum atomic E-state index is 11.9. The van der Waals surface area contributed by atoms with Gasteiger partial charge in [-0.05, 0) is 42.3 Å². The van der Waals surface area contributed by atoms with Gasteiger partial charge in [0.1, 0.15) is 11.5 Å². The van der Waals surface area contributed by atoms with Gasteiger partial charge in [-0.1, -0.05) is 23.2 Å². The molecule has 2 aromatic carbocycles. The lowest BCUT2D eigenvalue weighted by atomic mass is 10.1. The van der Waals surface area contributed by atoms with Gasteiger partial charge in [0.25, 0.3) is 5.91 Å². The number of anilines is 1. The minimum atomic E-state index is -0.504. The number of carbonyl (C=O) groups is 2. The molecule has 1 N–H and O–H groups in total. The summed E-state index contributed by atoms with van der Waals surface area (Å²) in [6.07, 6.45) is 0.537. The Labute approximate surface area is 167 Å². The molecule has 0 saturated heterocycles. The van der Waals surface area contributed by atoms with E-state index in [0.29, 0.717) is 33.7 Å². The predicted molar refractivity (Wildman–Crippen MR) is 104 cm³/mol. The monoisotopic (exact) mass is 411 g/mol. The highest BCUT2D eigenvalue weighted by molar-refractivity contribution is 6.35. The summed E-state index contributed by atoms with van der Waals surface area (Å²) >= 11 is 11.8. The average Bonchev–Trinajstić information content (AvgIpc) is 2.67. The van der Waals surface area contributed by atoms with Crippen LogP contribution in [0.15, 0.2) is 36.4 Å². The molecule has 6 nitrogen and oxygen atoms in total. The van der Waals surface area contributed by atoms with E-state index in [-0.39, 0.29) is 6.42 Å². The normalized spacial score (nSPS) is 10.2. The third kappa shape index (κ3) is 6.66. The average molecular weight is 412 g/mol. The fourth-order valence-corrected chi connectivity index (χ4v) is 2.59. The third-order valence-corrected chi connectivity index (χ3v) is 4.16. The number of amides is 1. The first kappa shape index (κ1) is 20.9. The quantitative estimate of drug-likeness (QED) is 0.661. The second-order valence-corrected chi connectivity index (χ2v) is 6.40. The summed E-state index contributed by atoms with van der Waals surface area (Å²) in [6, 6.07) is 10.0. The molecule has 0 aliphatic carbocycles. The number of nitrogens with one attached hydrogen (secondary N) is 1. The Balaban J connectivity index is 1.82. The number of hydrogen-bond donors (Lipinski definition) is 1. The molecule has 0 radical (unpaired) electrons. The van der Waals surface area contributed by atoms with E-state index in [4.69, 9.17) is 37.4 Å². The standard InChI is InChI=1S/C19H19Cl2NO5/c1-25-14-7-12(8-15(10-14)26-2)3-6-19(24)27-11-18(23)22-17-9-13(20)4-5-16(17)21/h4-5,7-10H,3,6,11H2,1-2H3,(H,22,23). The maximum absolute atomic E-state index is 11.9. The second kappa shape index (κ2) is 10.0. The molecule has 2 rings (SSSR count). The van der Waals surface area contributed by atoms with Crippen molar-refractivity contribution >= 4 is 40.8 Å². The molecule has 0 fully saturated rings. The first-order valence-electron chi connectivity index (χ1n) is 8.03. The largest absolute Gasteiger partial charge is 0.497 e. The maximum Gasteiger partial charge on any atom is 0.306 e. The van der Waals surface area contributed by atoms with E-state index in [1.54, 1.807) is 32.4 Å². The van der Waals surface area contributed by atoms with Crippen molar-refractivity contribution in [3.8, 4) is 11.5 Å². The van der Waals surface area contributed by atoms with Gasteiger partial charge in [0.2, 0.25) is 0 Å². The molecule has 1 amide bonds. The van der Waals surface area contributed by atoms with Gasteiger partial charge in [0, 0.05) is 17.5 Å². The number of aryl methyl sites for hydroxylation is 1. The van der Waals surface area contributed by atoms with Gasteiger partial charge in [-0.25, -0.2) is 0 Å². The van der Waals surface area contributed by atoms with Crippen molar-refractivity contribution in [2.45, 2.75) is 12.8 Å². The first-order chi connectivity index (χ1) is 12.9. The fourth-order valence-electron chi connectivity index (χ4n) is 2.25. The molecule has 0 unspecified atom stereocenters. The number of halogens is 2. The fraction of sp³-hybridized carbons (Fsp3) is 0.263. The van der Waals surface area contributed by atoms with Gasteiger partial charge in [-0.15, -0.1) is 0 Å². The molecule has 8 heteroatoms. The van der Waals surface area contributed by atoms with Crippen LogP contribution < -0.4 is 14.8 Å². The molecular weight excluding hydrogens is 393 g/mol. The van der Waals surface area contributed by atoms with Crippen LogP contribution in [0.1, 0.15) is 12.0 Å². The van der Waals surface area contributed by atoms with Crippen molar-refractivity contribution < 1.29 is 23.8 Å². The summed E-state index contributed by atoms with van der Waals surface area (Å²) in [7, 11) is 3.11. The number of esters is 1. The van der Waals surface area contributed by atoms with Gasteiger partial charge in [-0.2, -0.15) is 0 Å². The molecule has 27 heavy (non-hydrogen) atoms. The highest BCUT2D eigenvalue weighted by Gasteiger charge is 2.11. The second-order valence-electron chi connectivity index (χ2n) is 5.55. The molecule has 0 bridgehead atoms. The Bertz CT molecular complexity index is 803. The molecular formula is C19H19Cl2NO5. The molecule has 0 spiro atoms. The molecule has 0 aromatic heterocycles. The zero-order chi connectivity index (χ0) is 19.8. The van der Waals surface area contributed by atoms with Crippen LogP contribution in [0.25, 0.3) is 0 Å². The van der Waals surface area contributed by atoms with E-state index in [1.165, 1.54) is 6.07 Å². The van der Waals surface area contributed by atoms with E-state index >= 15 is 0 Å². The lowest BCUT2D eigenvalue weighted by Crippen LogP contribution is -2.21. The molecule has 0 heterocycles. The van der Waals surface area contributed by atoms with Crippen LogP contribution in [0.5, 0.6) is 11.5 Å². The van der Waals surface area contributed by atoms with E-state index in [2.05, 4.69) is 5.32 Å². The lowest BCUT2D eigenvalue weighted by molar-refractivity contribution is -0.147. The third-order valence-electron chi connectivity index (χ3n) is 3.60. The minimum Gasteiger partial charge on any atom is -0.497 e. The summed E-state index contributed by atoms with van der Waals surface area (Å²) in [5, 5.41) is 3.31. The van der Waals surface area contributed by atoms with E-state index < -0.39 is 18.5 Å². The number of rotatable bonds is 8. The topological polar surface area (TPSA) is 73.9 Å². The van der Waals surface area contributed by atoms with E-state index in [0.717, 1.165) is 5.56 Å². The highest BCUT2D eigenvalue weighted by Crippen LogP contribution is 2.25. The molecule has 0 aliphatic rings. The summed E-state index contributed by atoms with van der Waals surface area (Å²) in [6.45, 7) is -0.414. The Hall–Kier alpha value is -2.44. The van der Waals surface area contributed by atoms with Crippen LogP contribution in [0, 0.1) is 0 Å². The number of hydrogen-bond acceptors (Lipinski definition) is 5. The highest BCUT2D eigenvalue weighted by atomic mass is 35.5. The van der Waals surface area contributed by atoms with Crippen molar-refractivity contribution in [1.82, 2.24) is 0 Å². The van der Waals surface area contributed by atoms with Crippen LogP contribution >= 0.6 is 23.2 Å². The number of carbonyl (C=O) groups excluding carboxylic acids is 2. The Morgan fingerprint density at radius 1 is 1.00 bits per heavy atom. The van der Waals surface area contributed by atoms with Crippen LogP contribution in [-0.2, 0) is 20.7 Å². The molecule has 0 aliphatic heterocycles. The predicted octanol–water partition coefficient (Wildman–Crippen LogP) is 4.13. The van der Waals surface area contributed by atoms with Crippen LogP contribution in [0.2, 0.25) is 10.0 Å². The number of methoxy groups -OCH3 is 2. The van der Waals surface area contributed by atoms with Crippen molar-refractivity contribution in [2.24, 2.45) is 0 Å². The van der Waals surface area contributed by atoms with E-state index in [1.807, 2.05) is 12.1 Å². The van der Waals surface area contributed by atoms with Gasteiger partial charge in [-0.3, -0.25) is 9.59 Å². The van der Waals surface area contributed by atoms with Gasteiger partial charge in [0.05, 0.1) is 24.9 Å². The van der Waals surface area contributed by atoms with Gasteiger partial charge >= 0.3 is 5.97 Å². The lowest BCUT2D eigenvalue weighted by Gasteiger charge is -2.09. The van der Waals surface area contributed by atoms with Gasteiger partial charge < -0.3 is 19.5 Å². The Kier molecular flexibility index (Phi) is 7.76. The summed E-state index contributed by atoms with van der Waals surface area (Å²) in [5.74, 6) is 0.269. The zero-order valence-electron chi connectivity index (χ0n) is 14.9. The summed E-state index contributed by atoms with van der Waals surface area (Å²) in [4.78, 5) is 23.8.